The van der Waals surface area contributed by atoms with Crippen LogP contribution in [0.25, 0.3) is 0 Å². The fourth-order valence-electron chi connectivity index (χ4n) is 2.34. The van der Waals surface area contributed by atoms with Gasteiger partial charge in [0.25, 0.3) is 0 Å². The summed E-state index contributed by atoms with van der Waals surface area (Å²) < 4.78 is 61.4. The first kappa shape index (κ1) is 19.8. The molecule has 3 rings (SSSR count). The van der Waals surface area contributed by atoms with Crippen molar-refractivity contribution in [1.82, 2.24) is 4.72 Å². The van der Waals surface area contributed by atoms with Crippen molar-refractivity contribution < 1.29 is 31.8 Å². The maximum Gasteiger partial charge on any atom is 0.241 e. The van der Waals surface area contributed by atoms with Crippen molar-refractivity contribution in [2.45, 2.75) is 11.8 Å². The van der Waals surface area contributed by atoms with E-state index in [1.165, 1.54) is 12.1 Å². The maximum atomic E-state index is 13.8. The Kier molecular flexibility index (Phi) is 6.23. The van der Waals surface area contributed by atoms with Crippen LogP contribution in [0, 0.1) is 17.7 Å². The third-order valence-corrected chi connectivity index (χ3v) is 5.04. The lowest BCUT2D eigenvalue weighted by Gasteiger charge is -2.07. The summed E-state index contributed by atoms with van der Waals surface area (Å²) in [6.45, 7) is 2.10. The zero-order valence-corrected chi connectivity index (χ0v) is 15.8. The van der Waals surface area contributed by atoms with Gasteiger partial charge in [-0.15, -0.1) is 0 Å². The highest BCUT2D eigenvalue weighted by Gasteiger charge is 2.16. The van der Waals surface area contributed by atoms with Crippen LogP contribution in [0.2, 0.25) is 0 Å². The zero-order valence-electron chi connectivity index (χ0n) is 15.0. The predicted molar refractivity (Wildman–Crippen MR) is 98.6 cm³/mol. The van der Waals surface area contributed by atoms with Crippen LogP contribution in [0.4, 0.5) is 4.39 Å². The van der Waals surface area contributed by atoms with Gasteiger partial charge in [0.2, 0.25) is 16.8 Å². The number of hydrogen-bond donors (Lipinski definition) is 1. The summed E-state index contributed by atoms with van der Waals surface area (Å²) in [7, 11) is -3.88. The molecule has 1 heterocycles. The number of sulfonamides is 1. The molecule has 0 fully saturated rings. The molecule has 2 aromatic carbocycles. The monoisotopic (exact) mass is 407 g/mol. The van der Waals surface area contributed by atoms with Crippen molar-refractivity contribution in [3.8, 4) is 34.8 Å². The Bertz CT molecular complexity index is 1010. The summed E-state index contributed by atoms with van der Waals surface area (Å²) in [4.78, 5) is -0.202. The Hall–Kier alpha value is -2.96. The van der Waals surface area contributed by atoms with Crippen LogP contribution in [0.5, 0.6) is 23.0 Å². The Balaban J connectivity index is 1.50. The Morgan fingerprint density at radius 2 is 1.93 bits per heavy atom. The van der Waals surface area contributed by atoms with Gasteiger partial charge in [0.15, 0.2) is 23.1 Å². The van der Waals surface area contributed by atoms with Gasteiger partial charge in [0, 0.05) is 6.07 Å². The molecular weight excluding hydrogens is 389 g/mol. The molecule has 0 unspecified atom stereocenters. The van der Waals surface area contributed by atoms with Crippen molar-refractivity contribution >= 4 is 10.0 Å². The van der Waals surface area contributed by atoms with Gasteiger partial charge < -0.3 is 18.9 Å². The Morgan fingerprint density at radius 1 is 1.11 bits per heavy atom. The lowest BCUT2D eigenvalue weighted by atomic mass is 10.3. The largest absolute Gasteiger partial charge is 0.491 e. The molecule has 1 N–H and O–H groups in total. The lowest BCUT2D eigenvalue weighted by molar-refractivity contribution is 0.174. The molecular formula is C19H18FNO6S. The molecule has 0 saturated carbocycles. The first-order chi connectivity index (χ1) is 13.5. The summed E-state index contributed by atoms with van der Waals surface area (Å²) in [5, 5.41) is 0. The summed E-state index contributed by atoms with van der Waals surface area (Å²) in [5.74, 6) is 6.41. The van der Waals surface area contributed by atoms with E-state index in [1.54, 1.807) is 25.1 Å². The smallest absolute Gasteiger partial charge is 0.241 e. The maximum absolute atomic E-state index is 13.8. The van der Waals surface area contributed by atoms with E-state index >= 15 is 0 Å². The fraction of sp³-hybridized carbons (Fsp3) is 0.263. The number of benzene rings is 2. The van der Waals surface area contributed by atoms with Crippen LogP contribution in [-0.4, -0.2) is 35.0 Å². The van der Waals surface area contributed by atoms with E-state index in [2.05, 4.69) is 16.6 Å². The lowest BCUT2D eigenvalue weighted by Crippen LogP contribution is -2.24. The molecule has 0 spiro atoms. The predicted octanol–water partition coefficient (Wildman–Crippen LogP) is 2.31. The van der Waals surface area contributed by atoms with Crippen LogP contribution in [0.15, 0.2) is 41.3 Å². The zero-order chi connectivity index (χ0) is 20.0. The van der Waals surface area contributed by atoms with Gasteiger partial charge in [-0.1, -0.05) is 11.8 Å². The van der Waals surface area contributed by atoms with Gasteiger partial charge in [-0.25, -0.2) is 12.8 Å². The molecule has 7 nitrogen and oxygen atoms in total. The third-order valence-electron chi connectivity index (χ3n) is 3.64. The van der Waals surface area contributed by atoms with E-state index < -0.39 is 15.8 Å². The molecule has 0 radical (unpaired) electrons. The summed E-state index contributed by atoms with van der Waals surface area (Å²) >= 11 is 0. The minimum Gasteiger partial charge on any atom is -0.491 e. The summed E-state index contributed by atoms with van der Waals surface area (Å²) in [6.07, 6.45) is 0. The third kappa shape index (κ3) is 4.85. The first-order valence-corrected chi connectivity index (χ1v) is 9.88. The molecule has 28 heavy (non-hydrogen) atoms. The second kappa shape index (κ2) is 8.82. The molecule has 1 aliphatic heterocycles. The molecule has 0 aromatic heterocycles. The number of ether oxygens (including phenoxy) is 4. The van der Waals surface area contributed by atoms with E-state index in [-0.39, 0.29) is 37.2 Å². The van der Waals surface area contributed by atoms with E-state index in [0.29, 0.717) is 17.2 Å². The number of rotatable bonds is 7. The van der Waals surface area contributed by atoms with Crippen molar-refractivity contribution in [1.29, 1.82) is 0 Å². The highest BCUT2D eigenvalue weighted by atomic mass is 32.2. The van der Waals surface area contributed by atoms with Gasteiger partial charge in [-0.3, -0.25) is 0 Å². The molecule has 1 aliphatic rings. The van der Waals surface area contributed by atoms with E-state index in [0.717, 1.165) is 6.07 Å². The second-order valence-corrected chi connectivity index (χ2v) is 7.27. The van der Waals surface area contributed by atoms with Gasteiger partial charge >= 0.3 is 0 Å². The van der Waals surface area contributed by atoms with E-state index in [1.807, 2.05) is 0 Å². The van der Waals surface area contributed by atoms with Crippen molar-refractivity contribution in [2.75, 3.05) is 26.6 Å². The molecule has 9 heteroatoms. The Morgan fingerprint density at radius 3 is 2.71 bits per heavy atom. The number of hydrogen-bond acceptors (Lipinski definition) is 6. The van der Waals surface area contributed by atoms with Crippen LogP contribution in [0.3, 0.4) is 0 Å². The molecule has 148 valence electrons. The average molecular weight is 407 g/mol. The summed E-state index contributed by atoms with van der Waals surface area (Å²) in [5.41, 5.74) is 0. The molecule has 0 bridgehead atoms. The van der Waals surface area contributed by atoms with Crippen molar-refractivity contribution in [3.05, 3.63) is 42.2 Å². The minimum absolute atomic E-state index is 0.00177. The quantitative estimate of drug-likeness (QED) is 0.710. The van der Waals surface area contributed by atoms with Gasteiger partial charge in [0.1, 0.15) is 12.4 Å². The number of nitrogens with one attached hydrogen (secondary N) is 1. The fourth-order valence-corrected chi connectivity index (χ4v) is 3.27. The van der Waals surface area contributed by atoms with E-state index in [4.69, 9.17) is 18.9 Å². The van der Waals surface area contributed by atoms with Gasteiger partial charge in [0.05, 0.1) is 18.0 Å². The normalized spacial score (nSPS) is 12.2. The van der Waals surface area contributed by atoms with Gasteiger partial charge in [-0.05, 0) is 37.3 Å². The van der Waals surface area contributed by atoms with Crippen molar-refractivity contribution in [3.63, 3.8) is 0 Å². The Labute approximate surface area is 162 Å². The summed E-state index contributed by atoms with van der Waals surface area (Å²) in [6, 6.07) is 8.59. The van der Waals surface area contributed by atoms with Crippen LogP contribution < -0.4 is 23.7 Å². The van der Waals surface area contributed by atoms with Crippen LogP contribution in [-0.2, 0) is 10.0 Å². The van der Waals surface area contributed by atoms with Crippen LogP contribution in [0.1, 0.15) is 6.92 Å². The molecule has 0 amide bonds. The van der Waals surface area contributed by atoms with Crippen LogP contribution >= 0.6 is 0 Å². The highest BCUT2D eigenvalue weighted by molar-refractivity contribution is 7.89. The number of fused-ring (bicyclic) bond motifs is 1. The SMILES string of the molecule is CCOc1ccc(S(=O)(=O)NCC#CCOc2ccc3c(c2)OCO3)cc1F. The average Bonchev–Trinajstić information content (AvgIpc) is 3.14. The van der Waals surface area contributed by atoms with Gasteiger partial charge in [-0.2, -0.15) is 4.72 Å². The molecule has 0 saturated heterocycles. The van der Waals surface area contributed by atoms with E-state index in [9.17, 15) is 12.8 Å². The first-order valence-electron chi connectivity index (χ1n) is 8.40. The molecule has 0 atom stereocenters. The molecule has 2 aromatic rings. The molecule has 0 aliphatic carbocycles. The highest BCUT2D eigenvalue weighted by Crippen LogP contribution is 2.34. The minimum atomic E-state index is -3.88. The topological polar surface area (TPSA) is 83.1 Å². The second-order valence-electron chi connectivity index (χ2n) is 5.51. The standard InChI is InChI=1S/C19H18FNO6S/c1-2-24-17-8-6-15(12-16(17)20)28(22,23)21-9-3-4-10-25-14-5-7-18-19(11-14)27-13-26-18/h5-8,11-12,21H,2,9-10,13H2,1H3. The number of halogens is 1. The van der Waals surface area contributed by atoms with Crippen molar-refractivity contribution in [2.24, 2.45) is 0 Å².